The van der Waals surface area contributed by atoms with Crippen LogP contribution in [0.25, 0.3) is 0 Å². The number of nitrogens with zero attached hydrogens (tertiary/aromatic N) is 2. The lowest BCUT2D eigenvalue weighted by atomic mass is 10.1. The summed E-state index contributed by atoms with van der Waals surface area (Å²) < 4.78 is 1.89. The summed E-state index contributed by atoms with van der Waals surface area (Å²) in [4.78, 5) is 0. The lowest BCUT2D eigenvalue weighted by Crippen LogP contribution is -2.04. The molecule has 1 aromatic rings. The minimum Gasteiger partial charge on any atom is -0.271 e. The first kappa shape index (κ1) is 12.3. The first-order chi connectivity index (χ1) is 7.59. The van der Waals surface area contributed by atoms with Crippen LogP contribution in [-0.4, -0.2) is 15.2 Å². The summed E-state index contributed by atoms with van der Waals surface area (Å²) in [5.74, 6) is 0.783. The Bertz CT molecular complexity index is 369. The van der Waals surface area contributed by atoms with Gasteiger partial charge in [-0.2, -0.15) is 5.10 Å². The van der Waals surface area contributed by atoms with Crippen molar-refractivity contribution in [1.82, 2.24) is 9.78 Å². The van der Waals surface area contributed by atoms with E-state index in [2.05, 4.69) is 5.10 Å². The molecule has 4 heteroatoms. The first-order valence-corrected chi connectivity index (χ1v) is 6.73. The first-order valence-electron chi connectivity index (χ1n) is 5.91. The standard InChI is InChI=1S/C12H18Cl2N2/c1-8-12(14)11(16(2)15-8)5-3-4-10(13)9-6-7-9/h9-10H,3-7H2,1-2H3. The molecule has 2 nitrogen and oxygen atoms in total. The van der Waals surface area contributed by atoms with Crippen LogP contribution in [0, 0.1) is 12.8 Å². The van der Waals surface area contributed by atoms with Crippen molar-refractivity contribution in [3.8, 4) is 0 Å². The molecule has 2 rings (SSSR count). The van der Waals surface area contributed by atoms with E-state index in [9.17, 15) is 0 Å². The fourth-order valence-electron chi connectivity index (χ4n) is 2.11. The number of rotatable bonds is 5. The normalized spacial score (nSPS) is 17.8. The van der Waals surface area contributed by atoms with Crippen molar-refractivity contribution < 1.29 is 0 Å². The Labute approximate surface area is 107 Å². The highest BCUT2D eigenvalue weighted by molar-refractivity contribution is 6.31. The quantitative estimate of drug-likeness (QED) is 0.738. The number of hydrogen-bond donors (Lipinski definition) is 0. The minimum absolute atomic E-state index is 0.369. The molecule has 0 N–H and O–H groups in total. The summed E-state index contributed by atoms with van der Waals surface area (Å²) >= 11 is 12.5. The minimum atomic E-state index is 0.369. The van der Waals surface area contributed by atoms with E-state index in [4.69, 9.17) is 23.2 Å². The van der Waals surface area contributed by atoms with E-state index >= 15 is 0 Å². The van der Waals surface area contributed by atoms with Crippen molar-refractivity contribution in [2.45, 2.75) is 44.4 Å². The number of hydrogen-bond acceptors (Lipinski definition) is 1. The Morgan fingerprint density at radius 2 is 2.19 bits per heavy atom. The highest BCUT2D eigenvalue weighted by atomic mass is 35.5. The number of aromatic nitrogens is 2. The highest BCUT2D eigenvalue weighted by Gasteiger charge is 2.29. The molecular formula is C12H18Cl2N2. The molecule has 0 aromatic carbocycles. The molecule has 0 spiro atoms. The Morgan fingerprint density at radius 3 is 2.69 bits per heavy atom. The maximum Gasteiger partial charge on any atom is 0.0846 e. The van der Waals surface area contributed by atoms with Crippen LogP contribution in [0.1, 0.15) is 37.1 Å². The average molecular weight is 261 g/mol. The van der Waals surface area contributed by atoms with E-state index < -0.39 is 0 Å². The highest BCUT2D eigenvalue weighted by Crippen LogP contribution is 2.38. The van der Waals surface area contributed by atoms with E-state index in [1.165, 1.54) is 12.8 Å². The predicted octanol–water partition coefficient (Wildman–Crippen LogP) is 3.72. The second kappa shape index (κ2) is 4.97. The van der Waals surface area contributed by atoms with E-state index in [1.807, 2.05) is 18.7 Å². The Morgan fingerprint density at radius 1 is 1.50 bits per heavy atom. The van der Waals surface area contributed by atoms with Gasteiger partial charge in [-0.1, -0.05) is 11.6 Å². The Hall–Kier alpha value is -0.210. The van der Waals surface area contributed by atoms with E-state index in [-0.39, 0.29) is 0 Å². The molecule has 0 amide bonds. The van der Waals surface area contributed by atoms with Crippen LogP contribution in [0.5, 0.6) is 0 Å². The molecule has 0 bridgehead atoms. The monoisotopic (exact) mass is 260 g/mol. The summed E-state index contributed by atoms with van der Waals surface area (Å²) in [6.45, 7) is 1.94. The number of halogens is 2. The van der Waals surface area contributed by atoms with Crippen molar-refractivity contribution >= 4 is 23.2 Å². The van der Waals surface area contributed by atoms with Gasteiger partial charge in [0, 0.05) is 12.4 Å². The molecule has 1 aromatic heterocycles. The molecular weight excluding hydrogens is 243 g/mol. The smallest absolute Gasteiger partial charge is 0.0846 e. The van der Waals surface area contributed by atoms with E-state index in [0.29, 0.717) is 5.38 Å². The zero-order valence-corrected chi connectivity index (χ0v) is 11.4. The molecule has 16 heavy (non-hydrogen) atoms. The van der Waals surface area contributed by atoms with Crippen LogP contribution in [0.15, 0.2) is 0 Å². The van der Waals surface area contributed by atoms with Gasteiger partial charge in [-0.25, -0.2) is 0 Å². The van der Waals surface area contributed by atoms with Crippen molar-refractivity contribution in [2.75, 3.05) is 0 Å². The molecule has 1 aliphatic carbocycles. The third-order valence-corrected chi connectivity index (χ3v) is 4.35. The summed E-state index contributed by atoms with van der Waals surface area (Å²) in [5, 5.41) is 5.50. The van der Waals surface area contributed by atoms with Gasteiger partial charge in [0.05, 0.1) is 16.4 Å². The molecule has 90 valence electrons. The maximum absolute atomic E-state index is 6.27. The molecule has 0 saturated heterocycles. The van der Waals surface area contributed by atoms with Gasteiger partial charge in [0.1, 0.15) is 0 Å². The molecule has 1 fully saturated rings. The van der Waals surface area contributed by atoms with Gasteiger partial charge in [0.15, 0.2) is 0 Å². The van der Waals surface area contributed by atoms with Crippen LogP contribution < -0.4 is 0 Å². The van der Waals surface area contributed by atoms with Crippen molar-refractivity contribution in [3.05, 3.63) is 16.4 Å². The van der Waals surface area contributed by atoms with Crippen LogP contribution in [-0.2, 0) is 13.5 Å². The van der Waals surface area contributed by atoms with E-state index in [1.54, 1.807) is 0 Å². The lowest BCUT2D eigenvalue weighted by Gasteiger charge is -2.07. The summed E-state index contributed by atoms with van der Waals surface area (Å²) in [6.07, 6.45) is 5.81. The van der Waals surface area contributed by atoms with Crippen LogP contribution in [0.3, 0.4) is 0 Å². The van der Waals surface area contributed by atoms with Gasteiger partial charge in [0.2, 0.25) is 0 Å². The van der Waals surface area contributed by atoms with Crippen LogP contribution in [0.2, 0.25) is 5.02 Å². The predicted molar refractivity (Wildman–Crippen MR) is 68.3 cm³/mol. The second-order valence-electron chi connectivity index (χ2n) is 4.72. The Kier molecular flexibility index (Phi) is 3.81. The van der Waals surface area contributed by atoms with Gasteiger partial charge >= 0.3 is 0 Å². The lowest BCUT2D eigenvalue weighted by molar-refractivity contribution is 0.612. The molecule has 1 aliphatic rings. The van der Waals surface area contributed by atoms with Gasteiger partial charge in [-0.15, -0.1) is 11.6 Å². The average Bonchev–Trinajstić information content (AvgIpc) is 3.02. The summed E-state index contributed by atoms with van der Waals surface area (Å²) in [6, 6.07) is 0. The van der Waals surface area contributed by atoms with Crippen molar-refractivity contribution in [3.63, 3.8) is 0 Å². The molecule has 0 aliphatic heterocycles. The second-order valence-corrected chi connectivity index (χ2v) is 5.65. The SMILES string of the molecule is Cc1nn(C)c(CCCC(Cl)C2CC2)c1Cl. The van der Waals surface area contributed by atoms with Gasteiger partial charge < -0.3 is 0 Å². The van der Waals surface area contributed by atoms with E-state index in [0.717, 1.165) is 41.6 Å². The van der Waals surface area contributed by atoms with Crippen LogP contribution >= 0.6 is 23.2 Å². The fraction of sp³-hybridized carbons (Fsp3) is 0.750. The van der Waals surface area contributed by atoms with Crippen molar-refractivity contribution in [2.24, 2.45) is 13.0 Å². The van der Waals surface area contributed by atoms with Gasteiger partial charge in [0.25, 0.3) is 0 Å². The largest absolute Gasteiger partial charge is 0.271 e. The molecule has 1 unspecified atom stereocenters. The van der Waals surface area contributed by atoms with Crippen molar-refractivity contribution in [1.29, 1.82) is 0 Å². The third kappa shape index (κ3) is 2.72. The molecule has 1 saturated carbocycles. The zero-order valence-electron chi connectivity index (χ0n) is 9.84. The number of alkyl halides is 1. The molecule has 0 radical (unpaired) electrons. The molecule has 1 atom stereocenters. The molecule has 1 heterocycles. The van der Waals surface area contributed by atoms with Crippen LogP contribution in [0.4, 0.5) is 0 Å². The topological polar surface area (TPSA) is 17.8 Å². The van der Waals surface area contributed by atoms with Gasteiger partial charge in [-0.3, -0.25) is 4.68 Å². The zero-order chi connectivity index (χ0) is 11.7. The third-order valence-electron chi connectivity index (χ3n) is 3.29. The maximum atomic E-state index is 6.27. The fourth-order valence-corrected chi connectivity index (χ4v) is 2.77. The number of aryl methyl sites for hydroxylation is 2. The summed E-state index contributed by atoms with van der Waals surface area (Å²) in [5.41, 5.74) is 2.06. The summed E-state index contributed by atoms with van der Waals surface area (Å²) in [7, 11) is 1.95. The Balaban J connectivity index is 1.84. The van der Waals surface area contributed by atoms with Gasteiger partial charge in [-0.05, 0) is 44.9 Å².